The van der Waals surface area contributed by atoms with Gasteiger partial charge in [0.05, 0.1) is 16.5 Å². The van der Waals surface area contributed by atoms with Crippen LogP contribution in [0.5, 0.6) is 0 Å². The molecule has 0 bridgehead atoms. The van der Waals surface area contributed by atoms with Gasteiger partial charge < -0.3 is 0 Å². The van der Waals surface area contributed by atoms with Crippen LogP contribution in [0.3, 0.4) is 0 Å². The fourth-order valence-electron chi connectivity index (χ4n) is 1.72. The van der Waals surface area contributed by atoms with Gasteiger partial charge in [0, 0.05) is 11.3 Å². The summed E-state index contributed by atoms with van der Waals surface area (Å²) < 4.78 is 26.8. The maximum Gasteiger partial charge on any atom is 0.261 e. The van der Waals surface area contributed by atoms with Crippen LogP contribution in [0.4, 0.5) is 5.69 Å². The van der Waals surface area contributed by atoms with E-state index >= 15 is 0 Å². The highest BCUT2D eigenvalue weighted by atomic mass is 32.2. The highest BCUT2D eigenvalue weighted by Gasteiger charge is 2.14. The van der Waals surface area contributed by atoms with E-state index in [2.05, 4.69) is 4.72 Å². The highest BCUT2D eigenvalue weighted by Crippen LogP contribution is 2.17. The van der Waals surface area contributed by atoms with Gasteiger partial charge in [-0.1, -0.05) is 6.07 Å². The van der Waals surface area contributed by atoms with Gasteiger partial charge >= 0.3 is 0 Å². The first-order chi connectivity index (χ1) is 9.92. The Morgan fingerprint density at radius 3 is 2.38 bits per heavy atom. The second-order valence-electron chi connectivity index (χ2n) is 4.38. The Labute approximate surface area is 122 Å². The van der Waals surface area contributed by atoms with Crippen LogP contribution in [0, 0.1) is 11.3 Å². The number of hydrogen-bond donors (Lipinski definition) is 1. The average Bonchev–Trinajstić information content (AvgIpc) is 2.47. The van der Waals surface area contributed by atoms with Gasteiger partial charge in [0.1, 0.15) is 0 Å². The molecule has 0 heterocycles. The van der Waals surface area contributed by atoms with Gasteiger partial charge in [0.25, 0.3) is 10.0 Å². The number of Topliss-reactive ketones (excluding diaryl/α,β-unsaturated/α-hetero) is 1. The quantitative estimate of drug-likeness (QED) is 0.879. The van der Waals surface area contributed by atoms with E-state index in [0.29, 0.717) is 11.3 Å². The molecule has 0 amide bonds. The highest BCUT2D eigenvalue weighted by molar-refractivity contribution is 7.92. The summed E-state index contributed by atoms with van der Waals surface area (Å²) in [6.45, 7) is 1.44. The van der Waals surface area contributed by atoms with Crippen LogP contribution in [0.15, 0.2) is 53.4 Å². The number of sulfonamides is 1. The minimum Gasteiger partial charge on any atom is -0.295 e. The largest absolute Gasteiger partial charge is 0.295 e. The SMILES string of the molecule is CC(=O)c1ccc(NS(=O)(=O)c2cccc(C#N)c2)cc1. The summed E-state index contributed by atoms with van der Waals surface area (Å²) in [5, 5.41) is 8.80. The molecule has 5 nitrogen and oxygen atoms in total. The van der Waals surface area contributed by atoms with Gasteiger partial charge in [-0.05, 0) is 49.4 Å². The number of carbonyl (C=O) groups is 1. The summed E-state index contributed by atoms with van der Waals surface area (Å²) in [7, 11) is -3.77. The minimum absolute atomic E-state index is 0.0113. The molecule has 0 unspecified atom stereocenters. The predicted octanol–water partition coefficient (Wildman–Crippen LogP) is 2.56. The lowest BCUT2D eigenvalue weighted by molar-refractivity contribution is 0.101. The summed E-state index contributed by atoms with van der Waals surface area (Å²) in [5.41, 5.74) is 1.12. The molecule has 0 radical (unpaired) electrons. The molecule has 0 atom stereocenters. The summed E-state index contributed by atoms with van der Waals surface area (Å²) in [4.78, 5) is 11.2. The molecule has 21 heavy (non-hydrogen) atoms. The number of nitrogens with one attached hydrogen (secondary N) is 1. The van der Waals surface area contributed by atoms with Gasteiger partial charge in [-0.3, -0.25) is 9.52 Å². The van der Waals surface area contributed by atoms with E-state index < -0.39 is 10.0 Å². The first-order valence-electron chi connectivity index (χ1n) is 6.06. The molecule has 106 valence electrons. The van der Waals surface area contributed by atoms with Crippen molar-refractivity contribution in [1.82, 2.24) is 0 Å². The lowest BCUT2D eigenvalue weighted by atomic mass is 10.1. The lowest BCUT2D eigenvalue weighted by Crippen LogP contribution is -2.13. The van der Waals surface area contributed by atoms with Gasteiger partial charge in [0.2, 0.25) is 0 Å². The average molecular weight is 300 g/mol. The number of rotatable bonds is 4. The monoisotopic (exact) mass is 300 g/mol. The van der Waals surface area contributed by atoms with Crippen LogP contribution in [0.25, 0.3) is 0 Å². The normalized spacial score (nSPS) is 10.7. The molecule has 0 aliphatic rings. The molecule has 0 aromatic heterocycles. The molecule has 2 aromatic rings. The van der Waals surface area contributed by atoms with Crippen molar-refractivity contribution < 1.29 is 13.2 Å². The predicted molar refractivity (Wildman–Crippen MR) is 78.4 cm³/mol. The molecule has 0 aliphatic heterocycles. The molecule has 6 heteroatoms. The van der Waals surface area contributed by atoms with E-state index in [1.165, 1.54) is 43.3 Å². The van der Waals surface area contributed by atoms with E-state index in [-0.39, 0.29) is 16.2 Å². The molecule has 0 fully saturated rings. The van der Waals surface area contributed by atoms with Crippen molar-refractivity contribution >= 4 is 21.5 Å². The van der Waals surface area contributed by atoms with E-state index in [1.54, 1.807) is 12.1 Å². The number of benzene rings is 2. The zero-order valence-corrected chi connectivity index (χ0v) is 12.0. The van der Waals surface area contributed by atoms with Crippen LogP contribution in [-0.4, -0.2) is 14.2 Å². The number of ketones is 1. The first-order valence-corrected chi connectivity index (χ1v) is 7.55. The summed E-state index contributed by atoms with van der Waals surface area (Å²) in [5.74, 6) is -0.0915. The van der Waals surface area contributed by atoms with E-state index in [1.807, 2.05) is 6.07 Å². The Morgan fingerprint density at radius 2 is 1.81 bits per heavy atom. The first kappa shape index (κ1) is 14.8. The third kappa shape index (κ3) is 3.46. The van der Waals surface area contributed by atoms with Crippen molar-refractivity contribution in [2.24, 2.45) is 0 Å². The van der Waals surface area contributed by atoms with E-state index in [9.17, 15) is 13.2 Å². The molecule has 0 saturated heterocycles. The van der Waals surface area contributed by atoms with Crippen molar-refractivity contribution in [3.05, 3.63) is 59.7 Å². The van der Waals surface area contributed by atoms with Crippen molar-refractivity contribution in [2.45, 2.75) is 11.8 Å². The van der Waals surface area contributed by atoms with Crippen molar-refractivity contribution in [3.8, 4) is 6.07 Å². The van der Waals surface area contributed by atoms with Gasteiger partial charge in [-0.15, -0.1) is 0 Å². The molecule has 0 saturated carbocycles. The summed E-state index contributed by atoms with van der Waals surface area (Å²) in [6, 6.07) is 13.8. The zero-order valence-electron chi connectivity index (χ0n) is 11.2. The lowest BCUT2D eigenvalue weighted by Gasteiger charge is -2.08. The third-order valence-corrected chi connectivity index (χ3v) is 4.20. The van der Waals surface area contributed by atoms with Gasteiger partial charge in [-0.25, -0.2) is 8.42 Å². The maximum absolute atomic E-state index is 12.2. The second kappa shape index (κ2) is 5.77. The fraction of sp³-hybridized carbons (Fsp3) is 0.0667. The minimum atomic E-state index is -3.77. The number of nitriles is 1. The molecular formula is C15H12N2O3S. The Kier molecular flexibility index (Phi) is 4.05. The maximum atomic E-state index is 12.2. The van der Waals surface area contributed by atoms with Crippen LogP contribution >= 0.6 is 0 Å². The molecule has 0 aliphatic carbocycles. The number of hydrogen-bond acceptors (Lipinski definition) is 4. The molecule has 2 aromatic carbocycles. The van der Waals surface area contributed by atoms with Crippen molar-refractivity contribution in [3.63, 3.8) is 0 Å². The van der Waals surface area contributed by atoms with Crippen molar-refractivity contribution in [1.29, 1.82) is 5.26 Å². The summed E-state index contributed by atoms with van der Waals surface area (Å²) >= 11 is 0. The van der Waals surface area contributed by atoms with Crippen LogP contribution in [0.1, 0.15) is 22.8 Å². The second-order valence-corrected chi connectivity index (χ2v) is 6.06. The smallest absolute Gasteiger partial charge is 0.261 e. The van der Waals surface area contributed by atoms with Crippen LogP contribution < -0.4 is 4.72 Å². The van der Waals surface area contributed by atoms with E-state index in [4.69, 9.17) is 5.26 Å². The number of carbonyl (C=O) groups excluding carboxylic acids is 1. The van der Waals surface area contributed by atoms with E-state index in [0.717, 1.165) is 0 Å². The molecule has 1 N–H and O–H groups in total. The molecule has 0 spiro atoms. The van der Waals surface area contributed by atoms with Gasteiger partial charge in [0.15, 0.2) is 5.78 Å². The van der Waals surface area contributed by atoms with Crippen molar-refractivity contribution in [2.75, 3.05) is 4.72 Å². The number of nitrogens with zero attached hydrogens (tertiary/aromatic N) is 1. The van der Waals surface area contributed by atoms with Crippen LogP contribution in [0.2, 0.25) is 0 Å². The van der Waals surface area contributed by atoms with Crippen LogP contribution in [-0.2, 0) is 10.0 Å². The molecule has 2 rings (SSSR count). The Hall–Kier alpha value is -2.65. The molecular weight excluding hydrogens is 288 g/mol. The Morgan fingerprint density at radius 1 is 1.14 bits per heavy atom. The zero-order chi connectivity index (χ0) is 15.5. The summed E-state index contributed by atoms with van der Waals surface area (Å²) in [6.07, 6.45) is 0. The Bertz CT molecular complexity index is 819. The third-order valence-electron chi connectivity index (χ3n) is 2.82. The fourth-order valence-corrected chi connectivity index (χ4v) is 2.82. The Balaban J connectivity index is 2.28. The topological polar surface area (TPSA) is 87.0 Å². The van der Waals surface area contributed by atoms with Gasteiger partial charge in [-0.2, -0.15) is 5.26 Å². The number of anilines is 1. The standard InChI is InChI=1S/C15H12N2O3S/c1-11(18)13-5-7-14(8-6-13)17-21(19,20)15-4-2-3-12(9-15)10-16/h2-9,17H,1H3.